The van der Waals surface area contributed by atoms with Crippen LogP contribution in [0.15, 0.2) is 52.3 Å². The fraction of sp³-hybridized carbons (Fsp3) is 0.190. The number of hydrogen-bond acceptors (Lipinski definition) is 6. The van der Waals surface area contributed by atoms with Gasteiger partial charge < -0.3 is 19.1 Å². The topological polar surface area (TPSA) is 114 Å². The van der Waals surface area contributed by atoms with E-state index >= 15 is 0 Å². The molecule has 0 saturated heterocycles. The third kappa shape index (κ3) is 2.87. The highest BCUT2D eigenvalue weighted by Gasteiger charge is 2.27. The summed E-state index contributed by atoms with van der Waals surface area (Å²) in [5, 5.41) is 11.4. The van der Waals surface area contributed by atoms with Crippen molar-refractivity contribution in [1.29, 1.82) is 0 Å². The Bertz CT molecular complexity index is 1280. The van der Waals surface area contributed by atoms with E-state index in [1.54, 1.807) is 37.4 Å². The number of carbonyl (C=O) groups excluding carboxylic acids is 1. The van der Waals surface area contributed by atoms with E-state index in [0.717, 1.165) is 5.56 Å². The number of nitrogens with one attached hydrogen (secondary N) is 2. The van der Waals surface area contributed by atoms with Crippen LogP contribution in [0.2, 0.25) is 0 Å². The molecule has 3 aromatic rings. The number of aliphatic imine (C=N–C) groups is 1. The highest BCUT2D eigenvalue weighted by atomic mass is 16.7. The zero-order valence-corrected chi connectivity index (χ0v) is 16.0. The normalized spacial score (nSPS) is 18.1. The van der Waals surface area contributed by atoms with Gasteiger partial charge in [-0.3, -0.25) is 10.2 Å². The first-order chi connectivity index (χ1) is 14.5. The summed E-state index contributed by atoms with van der Waals surface area (Å²) in [5.74, 6) is 1.06. The maximum Gasteiger partial charge on any atom is 0.355 e. The first kappa shape index (κ1) is 18.2. The van der Waals surface area contributed by atoms with Crippen LogP contribution in [-0.4, -0.2) is 28.2 Å². The summed E-state index contributed by atoms with van der Waals surface area (Å²) in [6.07, 6.45) is 0.194. The Morgan fingerprint density at radius 2 is 1.93 bits per heavy atom. The van der Waals surface area contributed by atoms with Gasteiger partial charge in [0.05, 0.1) is 17.3 Å². The number of aromatic hydroxyl groups is 1. The highest BCUT2D eigenvalue weighted by molar-refractivity contribution is 6.11. The van der Waals surface area contributed by atoms with E-state index in [4.69, 9.17) is 9.47 Å². The van der Waals surface area contributed by atoms with Crippen molar-refractivity contribution >= 4 is 22.6 Å². The standard InChI is InChI=1S/C21H18N4O5/c1-25-15-5-3-2-4-12(15)19(26)18(20(25)27)14-9-13(23-24-21(28)22-14)11-6-7-16-17(8-11)30-10-29-16/h2-8,13,23,26H,9-10H2,1H3,(H,24,28)/t13-/m1/s1. The first-order valence-electron chi connectivity index (χ1n) is 9.36. The van der Waals surface area contributed by atoms with Crippen LogP contribution in [0, 0.1) is 0 Å². The molecule has 0 bridgehead atoms. The predicted octanol–water partition coefficient (Wildman–Crippen LogP) is 2.12. The summed E-state index contributed by atoms with van der Waals surface area (Å²) in [4.78, 5) is 29.3. The molecule has 2 aliphatic heterocycles. The lowest BCUT2D eigenvalue weighted by atomic mass is 9.96. The number of amides is 2. The summed E-state index contributed by atoms with van der Waals surface area (Å²) in [7, 11) is 1.62. The van der Waals surface area contributed by atoms with Gasteiger partial charge in [0.1, 0.15) is 11.3 Å². The number of hydrazine groups is 1. The molecule has 0 fully saturated rings. The molecule has 9 nitrogen and oxygen atoms in total. The van der Waals surface area contributed by atoms with Crippen molar-refractivity contribution < 1.29 is 19.4 Å². The quantitative estimate of drug-likeness (QED) is 0.601. The Morgan fingerprint density at radius 1 is 1.13 bits per heavy atom. The van der Waals surface area contributed by atoms with Crippen molar-refractivity contribution in [1.82, 2.24) is 15.4 Å². The second-order valence-electron chi connectivity index (χ2n) is 7.11. The minimum absolute atomic E-state index is 0.0146. The largest absolute Gasteiger partial charge is 0.506 e. The fourth-order valence-electron chi connectivity index (χ4n) is 3.82. The second kappa shape index (κ2) is 6.89. The van der Waals surface area contributed by atoms with E-state index in [2.05, 4.69) is 15.8 Å². The number of para-hydroxylation sites is 1. The van der Waals surface area contributed by atoms with Crippen LogP contribution in [0.25, 0.3) is 10.9 Å². The van der Waals surface area contributed by atoms with Gasteiger partial charge in [0.2, 0.25) is 6.79 Å². The van der Waals surface area contributed by atoms with Gasteiger partial charge in [0.15, 0.2) is 11.5 Å². The van der Waals surface area contributed by atoms with Crippen LogP contribution >= 0.6 is 0 Å². The monoisotopic (exact) mass is 406 g/mol. The molecule has 2 aliphatic rings. The van der Waals surface area contributed by atoms with E-state index in [0.29, 0.717) is 22.4 Å². The van der Waals surface area contributed by atoms with Crippen molar-refractivity contribution in [2.75, 3.05) is 6.79 Å². The Hall–Kier alpha value is -3.85. The van der Waals surface area contributed by atoms with Gasteiger partial charge in [0.25, 0.3) is 5.56 Å². The molecule has 2 aromatic carbocycles. The van der Waals surface area contributed by atoms with Gasteiger partial charge in [-0.1, -0.05) is 18.2 Å². The number of urea groups is 1. The molecule has 3 N–H and O–H groups in total. The van der Waals surface area contributed by atoms with E-state index in [1.165, 1.54) is 4.57 Å². The number of hydrogen-bond donors (Lipinski definition) is 3. The summed E-state index contributed by atoms with van der Waals surface area (Å²) in [5.41, 5.74) is 6.63. The molecule has 2 amide bonds. The Kier molecular flexibility index (Phi) is 4.18. The molecule has 152 valence electrons. The number of rotatable bonds is 2. The minimum atomic E-state index is -0.650. The third-order valence-electron chi connectivity index (χ3n) is 5.35. The lowest BCUT2D eigenvalue weighted by molar-refractivity contribution is 0.174. The number of nitrogens with zero attached hydrogens (tertiary/aromatic N) is 2. The van der Waals surface area contributed by atoms with Crippen LogP contribution < -0.4 is 25.9 Å². The molecule has 3 heterocycles. The van der Waals surface area contributed by atoms with Crippen molar-refractivity contribution in [3.63, 3.8) is 0 Å². The minimum Gasteiger partial charge on any atom is -0.506 e. The molecule has 5 rings (SSSR count). The molecule has 9 heteroatoms. The molecule has 30 heavy (non-hydrogen) atoms. The zero-order valence-electron chi connectivity index (χ0n) is 16.0. The number of carbonyl (C=O) groups is 1. The van der Waals surface area contributed by atoms with E-state index < -0.39 is 17.6 Å². The van der Waals surface area contributed by atoms with E-state index in [1.807, 2.05) is 12.1 Å². The number of aryl methyl sites for hydroxylation is 1. The van der Waals surface area contributed by atoms with Gasteiger partial charge in [0, 0.05) is 18.9 Å². The van der Waals surface area contributed by atoms with Crippen LogP contribution in [0.1, 0.15) is 23.6 Å². The van der Waals surface area contributed by atoms with Crippen LogP contribution in [-0.2, 0) is 7.05 Å². The predicted molar refractivity (Wildman–Crippen MR) is 109 cm³/mol. The fourth-order valence-corrected chi connectivity index (χ4v) is 3.82. The summed E-state index contributed by atoms with van der Waals surface area (Å²) in [6.45, 7) is 0.154. The Morgan fingerprint density at radius 3 is 2.80 bits per heavy atom. The van der Waals surface area contributed by atoms with Gasteiger partial charge in [-0.05, 0) is 29.8 Å². The summed E-state index contributed by atoms with van der Waals surface area (Å²) < 4.78 is 12.2. The maximum absolute atomic E-state index is 13.1. The van der Waals surface area contributed by atoms with E-state index in [9.17, 15) is 14.7 Å². The number of fused-ring (bicyclic) bond motifs is 2. The highest BCUT2D eigenvalue weighted by Crippen LogP contribution is 2.36. The number of pyridine rings is 1. The lowest BCUT2D eigenvalue weighted by Gasteiger charge is -2.18. The molecule has 1 atom stereocenters. The number of aromatic nitrogens is 1. The van der Waals surface area contributed by atoms with Crippen molar-refractivity contribution in [3.05, 3.63) is 63.9 Å². The zero-order chi connectivity index (χ0) is 20.8. The van der Waals surface area contributed by atoms with E-state index in [-0.39, 0.29) is 30.2 Å². The molecular weight excluding hydrogens is 388 g/mol. The molecule has 0 unspecified atom stereocenters. The molecule has 0 radical (unpaired) electrons. The maximum atomic E-state index is 13.1. The van der Waals surface area contributed by atoms with Crippen molar-refractivity contribution in [2.24, 2.45) is 12.0 Å². The van der Waals surface area contributed by atoms with Gasteiger partial charge in [-0.25, -0.2) is 10.2 Å². The molecule has 0 aliphatic carbocycles. The Balaban J connectivity index is 1.61. The number of benzene rings is 2. The summed E-state index contributed by atoms with van der Waals surface area (Å²) in [6, 6.07) is 11.4. The van der Waals surface area contributed by atoms with Gasteiger partial charge in [-0.15, -0.1) is 0 Å². The lowest BCUT2D eigenvalue weighted by Crippen LogP contribution is -2.36. The third-order valence-corrected chi connectivity index (χ3v) is 5.35. The Labute approximate surface area is 170 Å². The molecule has 0 saturated carbocycles. The van der Waals surface area contributed by atoms with Crippen molar-refractivity contribution in [3.8, 4) is 17.2 Å². The second-order valence-corrected chi connectivity index (χ2v) is 7.11. The molecule has 0 spiro atoms. The SMILES string of the molecule is Cn1c(=O)c(C2=NC(=O)NN[C@@H](c3ccc4c(c3)OCO4)C2)c(O)c2ccccc21. The van der Waals surface area contributed by atoms with Crippen LogP contribution in [0.3, 0.4) is 0 Å². The van der Waals surface area contributed by atoms with Gasteiger partial charge in [-0.2, -0.15) is 4.99 Å². The number of ether oxygens (including phenoxy) is 2. The molecular formula is C21H18N4O5. The average molecular weight is 406 g/mol. The first-order valence-corrected chi connectivity index (χ1v) is 9.36. The van der Waals surface area contributed by atoms with Crippen LogP contribution in [0.5, 0.6) is 17.2 Å². The smallest absolute Gasteiger partial charge is 0.355 e. The molecule has 1 aromatic heterocycles. The van der Waals surface area contributed by atoms with Crippen molar-refractivity contribution in [2.45, 2.75) is 12.5 Å². The van der Waals surface area contributed by atoms with Gasteiger partial charge >= 0.3 is 6.03 Å². The average Bonchev–Trinajstić information content (AvgIpc) is 3.14. The van der Waals surface area contributed by atoms with Crippen LogP contribution in [0.4, 0.5) is 4.79 Å². The summed E-state index contributed by atoms with van der Waals surface area (Å²) >= 11 is 0.